The Morgan fingerprint density at radius 3 is 2.43 bits per heavy atom. The molecule has 7 rings (SSSR count). The summed E-state index contributed by atoms with van der Waals surface area (Å²) in [5, 5.41) is 16.1. The fourth-order valence-corrected chi connectivity index (χ4v) is 12.9. The highest BCUT2D eigenvalue weighted by Crippen LogP contribution is 2.75. The molecule has 8 unspecified atom stereocenters. The number of urea groups is 1. The molecule has 5 fully saturated rings. The monoisotopic (exact) mass is 643 g/mol. The Morgan fingerprint density at radius 2 is 1.70 bits per heavy atom. The van der Waals surface area contributed by atoms with Crippen LogP contribution in [0.15, 0.2) is 30.3 Å². The summed E-state index contributed by atoms with van der Waals surface area (Å²) in [5.41, 5.74) is 3.64. The third kappa shape index (κ3) is 5.15. The summed E-state index contributed by atoms with van der Waals surface area (Å²) < 4.78 is 0. The van der Waals surface area contributed by atoms with Crippen molar-refractivity contribution in [2.75, 3.05) is 19.6 Å². The Hall–Kier alpha value is -2.83. The van der Waals surface area contributed by atoms with Crippen LogP contribution in [0.4, 0.5) is 4.79 Å². The van der Waals surface area contributed by atoms with Crippen LogP contribution in [0.5, 0.6) is 0 Å². The number of nitrogens with zero attached hydrogens (tertiary/aromatic N) is 1. The fourth-order valence-electron chi connectivity index (χ4n) is 12.9. The summed E-state index contributed by atoms with van der Waals surface area (Å²) in [5.74, 6) is 2.32. The van der Waals surface area contributed by atoms with Gasteiger partial charge in [-0.05, 0) is 140 Å². The maximum absolute atomic E-state index is 13.3. The molecule has 6 aliphatic rings. The first-order valence-corrected chi connectivity index (χ1v) is 18.8. The number of aromatic carboxylic acids is 1. The number of fused-ring (bicyclic) bond motifs is 7. The van der Waals surface area contributed by atoms with Crippen molar-refractivity contribution in [3.8, 4) is 0 Å². The number of hydrogen-bond donors (Lipinski definition) is 3. The van der Waals surface area contributed by atoms with Gasteiger partial charge in [-0.1, -0.05) is 52.3 Å². The van der Waals surface area contributed by atoms with Crippen LogP contribution < -0.4 is 10.6 Å². The van der Waals surface area contributed by atoms with E-state index in [1.54, 1.807) is 12.1 Å². The van der Waals surface area contributed by atoms with E-state index >= 15 is 0 Å². The predicted octanol–water partition coefficient (Wildman–Crippen LogP) is 7.91. The van der Waals surface area contributed by atoms with E-state index in [0.29, 0.717) is 48.1 Å². The average Bonchev–Trinajstić information content (AvgIpc) is 3.65. The van der Waals surface area contributed by atoms with Crippen molar-refractivity contribution in [3.05, 3.63) is 41.5 Å². The Labute approximate surface area is 281 Å². The largest absolute Gasteiger partial charge is 0.478 e. The van der Waals surface area contributed by atoms with Gasteiger partial charge in [0.25, 0.3) is 0 Å². The van der Waals surface area contributed by atoms with E-state index in [4.69, 9.17) is 0 Å². The van der Waals surface area contributed by atoms with Crippen LogP contribution in [0.3, 0.4) is 0 Å². The highest BCUT2D eigenvalue weighted by Gasteiger charge is 2.68. The number of carbonyl (C=O) groups excluding carboxylic acids is 2. The van der Waals surface area contributed by atoms with Crippen molar-refractivity contribution < 1.29 is 19.5 Å². The fraction of sp³-hybridized carbons (Fsp3) is 0.725. The Bertz CT molecular complexity index is 1440. The second-order valence-electron chi connectivity index (χ2n) is 17.1. The maximum Gasteiger partial charge on any atom is 0.335 e. The molecule has 256 valence electrons. The lowest BCUT2D eigenvalue weighted by Gasteiger charge is -2.71. The molecule has 3 N–H and O–H groups in total. The lowest BCUT2D eigenvalue weighted by atomic mass is 9.34. The minimum absolute atomic E-state index is 0.0162. The van der Waals surface area contributed by atoms with E-state index in [0.717, 1.165) is 45.2 Å². The lowest BCUT2D eigenvalue weighted by Crippen LogP contribution is -2.67. The molecule has 1 saturated heterocycles. The second kappa shape index (κ2) is 11.9. The molecule has 0 spiro atoms. The molecule has 47 heavy (non-hydrogen) atoms. The van der Waals surface area contributed by atoms with Crippen molar-refractivity contribution in [2.45, 2.75) is 117 Å². The molecule has 1 heterocycles. The van der Waals surface area contributed by atoms with Gasteiger partial charge in [0.2, 0.25) is 5.91 Å². The van der Waals surface area contributed by atoms with Crippen LogP contribution in [-0.2, 0) is 4.79 Å². The molecule has 1 aliphatic heterocycles. The molecule has 7 heteroatoms. The third-order valence-electron chi connectivity index (χ3n) is 15.4. The first-order valence-electron chi connectivity index (χ1n) is 18.8. The molecule has 0 bridgehead atoms. The summed E-state index contributed by atoms with van der Waals surface area (Å²) in [6, 6.07) is 7.51. The summed E-state index contributed by atoms with van der Waals surface area (Å²) in [7, 11) is 0. The van der Waals surface area contributed by atoms with Crippen LogP contribution >= 0.6 is 0 Å². The first kappa shape index (κ1) is 32.7. The number of carboxylic acids is 1. The SMILES string of the molecule is CC1C(c2ccc(C(=O)O)cc2)=CCC2(C)C1CCC1(C)C2CCC2C3CCCC3(NC(=O)NCCCN3CCCC3=O)CC[C@]21C. The Kier molecular flexibility index (Phi) is 8.31. The number of rotatable bonds is 7. The summed E-state index contributed by atoms with van der Waals surface area (Å²) in [6.45, 7) is 12.5. The number of amides is 3. The lowest BCUT2D eigenvalue weighted by molar-refractivity contribution is -0.210. The number of carbonyl (C=O) groups is 3. The van der Waals surface area contributed by atoms with Crippen molar-refractivity contribution in [1.29, 1.82) is 0 Å². The van der Waals surface area contributed by atoms with Gasteiger partial charge >= 0.3 is 12.0 Å². The first-order chi connectivity index (χ1) is 22.4. The summed E-state index contributed by atoms with van der Waals surface area (Å²) in [4.78, 5) is 38.6. The number of hydrogen-bond acceptors (Lipinski definition) is 3. The molecule has 0 radical (unpaired) electrons. The number of nitrogens with one attached hydrogen (secondary N) is 2. The van der Waals surface area contributed by atoms with E-state index in [1.165, 1.54) is 56.1 Å². The van der Waals surface area contributed by atoms with Gasteiger partial charge in [-0.25, -0.2) is 9.59 Å². The van der Waals surface area contributed by atoms with Crippen LogP contribution in [-0.4, -0.2) is 53.1 Å². The molecular weight excluding hydrogens is 586 g/mol. The van der Waals surface area contributed by atoms with Gasteiger partial charge in [-0.15, -0.1) is 0 Å². The van der Waals surface area contributed by atoms with Crippen LogP contribution in [0, 0.1) is 45.8 Å². The van der Waals surface area contributed by atoms with E-state index < -0.39 is 5.97 Å². The smallest absolute Gasteiger partial charge is 0.335 e. The van der Waals surface area contributed by atoms with Gasteiger partial charge in [0.15, 0.2) is 0 Å². The van der Waals surface area contributed by atoms with Gasteiger partial charge < -0.3 is 20.6 Å². The summed E-state index contributed by atoms with van der Waals surface area (Å²) >= 11 is 0. The number of likely N-dealkylation sites (tertiary alicyclic amines) is 1. The average molecular weight is 644 g/mol. The van der Waals surface area contributed by atoms with E-state index in [9.17, 15) is 19.5 Å². The zero-order chi connectivity index (χ0) is 33.2. The van der Waals surface area contributed by atoms with Crippen molar-refractivity contribution >= 4 is 23.5 Å². The van der Waals surface area contributed by atoms with Crippen molar-refractivity contribution in [2.24, 2.45) is 45.8 Å². The normalized spacial score (nSPS) is 40.9. The van der Waals surface area contributed by atoms with Gasteiger partial charge in [0.05, 0.1) is 5.56 Å². The zero-order valence-corrected chi connectivity index (χ0v) is 29.2. The topological polar surface area (TPSA) is 98.7 Å². The molecule has 4 saturated carbocycles. The summed E-state index contributed by atoms with van der Waals surface area (Å²) in [6.07, 6.45) is 16.9. The maximum atomic E-state index is 13.3. The standard InChI is InChI=1S/C40H57N3O4/c1-26-29(27-10-12-28(13-11-27)35(45)46)16-19-37(2)30(26)17-20-39(4)33(37)15-14-31-32-8-5-18-40(32,22-21-38(31,39)3)42-36(47)41-23-7-25-43-24-6-9-34(43)44/h10-13,16,26,30-33H,5-9,14-15,17-25H2,1-4H3,(H,45,46)(H2,41,42,47)/t26?,30?,31?,32?,33?,37?,38-,39?,40?/m1/s1. The highest BCUT2D eigenvalue weighted by molar-refractivity contribution is 5.88. The van der Waals surface area contributed by atoms with Crippen LogP contribution in [0.2, 0.25) is 0 Å². The second-order valence-corrected chi connectivity index (χ2v) is 17.1. The van der Waals surface area contributed by atoms with Gasteiger partial charge in [-0.3, -0.25) is 4.79 Å². The van der Waals surface area contributed by atoms with Gasteiger partial charge in [-0.2, -0.15) is 0 Å². The predicted molar refractivity (Wildman–Crippen MR) is 185 cm³/mol. The number of allylic oxidation sites excluding steroid dienone is 2. The molecule has 3 amide bonds. The molecule has 0 aromatic heterocycles. The molecular formula is C40H57N3O4. The molecule has 7 nitrogen and oxygen atoms in total. The van der Waals surface area contributed by atoms with Gasteiger partial charge in [0, 0.05) is 31.6 Å². The van der Waals surface area contributed by atoms with Crippen molar-refractivity contribution in [3.63, 3.8) is 0 Å². The third-order valence-corrected chi connectivity index (χ3v) is 15.4. The van der Waals surface area contributed by atoms with E-state index in [1.807, 2.05) is 17.0 Å². The van der Waals surface area contributed by atoms with Crippen LogP contribution in [0.1, 0.15) is 127 Å². The Balaban J connectivity index is 1.05. The van der Waals surface area contributed by atoms with E-state index in [-0.39, 0.29) is 33.7 Å². The number of benzene rings is 1. The van der Waals surface area contributed by atoms with Gasteiger partial charge in [0.1, 0.15) is 0 Å². The molecule has 1 aromatic carbocycles. The number of carboxylic acid groups (broad SMARTS) is 1. The minimum atomic E-state index is -0.870. The van der Waals surface area contributed by atoms with Crippen molar-refractivity contribution in [1.82, 2.24) is 15.5 Å². The quantitative estimate of drug-likeness (QED) is 0.263. The molecule has 1 aromatic rings. The zero-order valence-electron chi connectivity index (χ0n) is 29.2. The minimum Gasteiger partial charge on any atom is -0.478 e. The van der Waals surface area contributed by atoms with Crippen LogP contribution in [0.25, 0.3) is 5.57 Å². The Morgan fingerprint density at radius 1 is 0.915 bits per heavy atom. The van der Waals surface area contributed by atoms with E-state index in [2.05, 4.69) is 44.4 Å². The molecule has 9 atom stereocenters. The molecule has 5 aliphatic carbocycles. The highest BCUT2D eigenvalue weighted by atomic mass is 16.4.